The van der Waals surface area contributed by atoms with Gasteiger partial charge in [-0.1, -0.05) is 12.1 Å². The van der Waals surface area contributed by atoms with Gasteiger partial charge in [0.15, 0.2) is 0 Å². The van der Waals surface area contributed by atoms with E-state index in [2.05, 4.69) is 20.7 Å². The van der Waals surface area contributed by atoms with Gasteiger partial charge in [0, 0.05) is 49.8 Å². The van der Waals surface area contributed by atoms with Crippen molar-refractivity contribution in [1.29, 1.82) is 0 Å². The second kappa shape index (κ2) is 12.8. The Kier molecular flexibility index (Phi) is 8.21. The number of hydrogen-bond donors (Lipinski definition) is 2. The molecule has 0 saturated carbocycles. The number of carbonyl (C=O) groups is 6. The fourth-order valence-corrected chi connectivity index (χ4v) is 6.48. The van der Waals surface area contributed by atoms with Gasteiger partial charge in [-0.3, -0.25) is 48.6 Å². The molecule has 6 amide bonds. The molecular weight excluding hydrogens is 616 g/mol. The normalized spacial score (nSPS) is 18.3. The summed E-state index contributed by atoms with van der Waals surface area (Å²) in [7, 11) is 0. The van der Waals surface area contributed by atoms with Crippen molar-refractivity contribution in [3.8, 4) is 11.3 Å². The van der Waals surface area contributed by atoms with Crippen LogP contribution in [0.1, 0.15) is 71.7 Å². The highest BCUT2D eigenvalue weighted by Crippen LogP contribution is 2.30. The third-order valence-electron chi connectivity index (χ3n) is 9.06. The third-order valence-corrected chi connectivity index (χ3v) is 9.06. The highest BCUT2D eigenvalue weighted by molar-refractivity contribution is 6.24. The third kappa shape index (κ3) is 6.04. The molecule has 14 heteroatoms. The predicted octanol–water partition coefficient (Wildman–Crippen LogP) is 2.87. The number of benzene rings is 2. The summed E-state index contributed by atoms with van der Waals surface area (Å²) in [6, 6.07) is 11.2. The number of piperidine rings is 2. The number of carbonyl (C=O) groups excluding carboxylic acids is 6. The number of likely N-dealkylation sites (tertiary alicyclic amines) is 1. The van der Waals surface area contributed by atoms with Crippen LogP contribution in [0.4, 0.5) is 5.69 Å². The molecule has 2 N–H and O–H groups in total. The van der Waals surface area contributed by atoms with Crippen molar-refractivity contribution in [2.45, 2.75) is 57.0 Å². The lowest BCUT2D eigenvalue weighted by atomic mass is 10.0. The molecule has 3 aliphatic heterocycles. The molecule has 0 spiro atoms. The van der Waals surface area contributed by atoms with Gasteiger partial charge >= 0.3 is 0 Å². The number of nitrogens with one attached hydrogen (secondary N) is 2. The second-order valence-corrected chi connectivity index (χ2v) is 12.2. The monoisotopic (exact) mass is 648 g/mol. The molecule has 2 aromatic heterocycles. The van der Waals surface area contributed by atoms with Crippen molar-refractivity contribution < 1.29 is 28.8 Å². The fourth-order valence-electron chi connectivity index (χ4n) is 6.48. The van der Waals surface area contributed by atoms with Crippen molar-refractivity contribution in [3.05, 3.63) is 72.2 Å². The zero-order chi connectivity index (χ0) is 33.4. The van der Waals surface area contributed by atoms with E-state index >= 15 is 0 Å². The Labute approximate surface area is 274 Å². The van der Waals surface area contributed by atoms with Crippen molar-refractivity contribution in [1.82, 2.24) is 34.9 Å². The quantitative estimate of drug-likeness (QED) is 0.272. The lowest BCUT2D eigenvalue weighted by molar-refractivity contribution is -0.136. The molecule has 2 saturated heterocycles. The largest absolute Gasteiger partial charge is 0.343 e. The smallest absolute Gasteiger partial charge is 0.262 e. The average Bonchev–Trinajstić information content (AvgIpc) is 3.68. The van der Waals surface area contributed by atoms with E-state index < -0.39 is 29.7 Å². The molecule has 1 atom stereocenters. The van der Waals surface area contributed by atoms with Crippen LogP contribution in [0.3, 0.4) is 0 Å². The molecule has 1 unspecified atom stereocenters. The van der Waals surface area contributed by atoms with E-state index in [0.717, 1.165) is 40.0 Å². The first kappa shape index (κ1) is 30.8. The average molecular weight is 649 g/mol. The SMILES string of the molecule is O=C1CCC(N2C(=O)c3ccc(NC(=O)CCCC(=O)N4CCC(n5cc(-c6cnc7ccccc7n6)cn5)CC4)cc3C2=O)C(=O)N1. The minimum atomic E-state index is -1.06. The second-order valence-electron chi connectivity index (χ2n) is 12.2. The number of imide groups is 2. The summed E-state index contributed by atoms with van der Waals surface area (Å²) >= 11 is 0. The molecule has 48 heavy (non-hydrogen) atoms. The minimum Gasteiger partial charge on any atom is -0.343 e. The van der Waals surface area contributed by atoms with Crippen LogP contribution in [0.5, 0.6) is 0 Å². The molecule has 2 fully saturated rings. The van der Waals surface area contributed by atoms with Gasteiger partial charge in [-0.2, -0.15) is 5.10 Å². The van der Waals surface area contributed by atoms with Gasteiger partial charge in [-0.25, -0.2) is 4.98 Å². The number of fused-ring (bicyclic) bond motifs is 2. The van der Waals surface area contributed by atoms with Crippen molar-refractivity contribution in [3.63, 3.8) is 0 Å². The Bertz CT molecular complexity index is 1980. The van der Waals surface area contributed by atoms with Crippen LogP contribution in [0.25, 0.3) is 22.3 Å². The highest BCUT2D eigenvalue weighted by Gasteiger charge is 2.44. The van der Waals surface area contributed by atoms with Crippen LogP contribution in [0.2, 0.25) is 0 Å². The van der Waals surface area contributed by atoms with Crippen molar-refractivity contribution in [2.24, 2.45) is 0 Å². The molecule has 0 radical (unpaired) electrons. The minimum absolute atomic E-state index is 0.0102. The van der Waals surface area contributed by atoms with E-state index in [1.807, 2.05) is 40.0 Å². The predicted molar refractivity (Wildman–Crippen MR) is 171 cm³/mol. The number of nitrogens with zero attached hydrogens (tertiary/aromatic N) is 6. The van der Waals surface area contributed by atoms with Gasteiger partial charge in [-0.15, -0.1) is 0 Å². The van der Waals surface area contributed by atoms with E-state index in [0.29, 0.717) is 25.2 Å². The Morgan fingerprint density at radius 2 is 1.67 bits per heavy atom. The fraction of sp³-hybridized carbons (Fsp3) is 0.324. The number of anilines is 1. The first-order valence-corrected chi connectivity index (χ1v) is 15.9. The molecule has 0 aliphatic carbocycles. The number of amides is 6. The summed E-state index contributed by atoms with van der Waals surface area (Å²) in [5.74, 6) is -2.74. The first-order chi connectivity index (χ1) is 23.2. The maximum atomic E-state index is 13.0. The summed E-state index contributed by atoms with van der Waals surface area (Å²) in [5, 5.41) is 9.45. The zero-order valence-electron chi connectivity index (χ0n) is 25.9. The van der Waals surface area contributed by atoms with Crippen LogP contribution >= 0.6 is 0 Å². The summed E-state index contributed by atoms with van der Waals surface area (Å²) in [6.07, 6.45) is 7.80. The first-order valence-electron chi connectivity index (χ1n) is 15.9. The standard InChI is InChI=1S/C34H32N8O6/c43-29(37-21-8-9-23-24(16-21)34(48)42(33(23)47)28-10-11-30(44)39-32(28)46)6-3-7-31(45)40-14-12-22(13-15-40)41-19-20(17-36-41)27-18-35-25-4-1-2-5-26(25)38-27/h1-2,4-5,8-9,16-19,22,28H,3,6-7,10-15H2,(H,37,43)(H,39,44,46). The Morgan fingerprint density at radius 3 is 2.46 bits per heavy atom. The molecule has 5 heterocycles. The number of para-hydroxylation sites is 2. The molecule has 7 rings (SSSR count). The maximum absolute atomic E-state index is 13.0. The van der Waals surface area contributed by atoms with Gasteiger partial charge in [0.2, 0.25) is 23.6 Å². The molecular formula is C34H32N8O6. The number of rotatable bonds is 8. The van der Waals surface area contributed by atoms with E-state index in [1.165, 1.54) is 18.2 Å². The van der Waals surface area contributed by atoms with Crippen LogP contribution in [0, 0.1) is 0 Å². The summed E-state index contributed by atoms with van der Waals surface area (Å²) < 4.78 is 1.94. The number of aromatic nitrogens is 4. The van der Waals surface area contributed by atoms with Crippen LogP contribution in [-0.2, 0) is 19.2 Å². The summed E-state index contributed by atoms with van der Waals surface area (Å²) in [5.41, 5.74) is 3.84. The Balaban J connectivity index is 0.868. The molecule has 0 bridgehead atoms. The summed E-state index contributed by atoms with van der Waals surface area (Å²) in [6.45, 7) is 1.19. The molecule has 3 aliphatic rings. The van der Waals surface area contributed by atoms with Crippen LogP contribution < -0.4 is 10.6 Å². The van der Waals surface area contributed by atoms with Gasteiger partial charge in [-0.05, 0) is 56.0 Å². The van der Waals surface area contributed by atoms with Crippen LogP contribution in [0.15, 0.2) is 61.1 Å². The molecule has 244 valence electrons. The van der Waals surface area contributed by atoms with Crippen LogP contribution in [-0.4, -0.2) is 84.1 Å². The zero-order valence-corrected chi connectivity index (χ0v) is 25.9. The Hall–Kier alpha value is -5.79. The van der Waals surface area contributed by atoms with E-state index in [4.69, 9.17) is 4.98 Å². The molecule has 4 aromatic rings. The van der Waals surface area contributed by atoms with E-state index in [9.17, 15) is 28.8 Å². The van der Waals surface area contributed by atoms with Crippen molar-refractivity contribution >= 4 is 52.2 Å². The van der Waals surface area contributed by atoms with Gasteiger partial charge in [0.05, 0.1) is 46.3 Å². The van der Waals surface area contributed by atoms with E-state index in [-0.39, 0.29) is 54.7 Å². The highest BCUT2D eigenvalue weighted by atomic mass is 16.2. The Morgan fingerprint density at radius 1 is 0.896 bits per heavy atom. The maximum Gasteiger partial charge on any atom is 0.262 e. The lowest BCUT2D eigenvalue weighted by Crippen LogP contribution is -2.54. The topological polar surface area (TPSA) is 177 Å². The lowest BCUT2D eigenvalue weighted by Gasteiger charge is -2.32. The number of hydrogen-bond acceptors (Lipinski definition) is 9. The van der Waals surface area contributed by atoms with Crippen molar-refractivity contribution in [2.75, 3.05) is 18.4 Å². The summed E-state index contributed by atoms with van der Waals surface area (Å²) in [4.78, 5) is 87.2. The van der Waals surface area contributed by atoms with Gasteiger partial charge in [0.1, 0.15) is 6.04 Å². The van der Waals surface area contributed by atoms with Gasteiger partial charge in [0.25, 0.3) is 11.8 Å². The molecule has 14 nitrogen and oxygen atoms in total. The van der Waals surface area contributed by atoms with E-state index in [1.54, 1.807) is 12.4 Å². The molecule has 2 aromatic carbocycles. The van der Waals surface area contributed by atoms with Gasteiger partial charge < -0.3 is 10.2 Å².